The van der Waals surface area contributed by atoms with Crippen LogP contribution in [0.4, 0.5) is 0 Å². The Labute approximate surface area is 162 Å². The van der Waals surface area contributed by atoms with Crippen molar-refractivity contribution in [2.75, 3.05) is 0 Å². The van der Waals surface area contributed by atoms with E-state index in [-0.39, 0.29) is 4.90 Å². The molecular formula is C21H15ClO4S. The van der Waals surface area contributed by atoms with Gasteiger partial charge in [0.15, 0.2) is 15.1 Å². The van der Waals surface area contributed by atoms with E-state index in [0.717, 1.165) is 5.56 Å². The van der Waals surface area contributed by atoms with Gasteiger partial charge >= 0.3 is 5.97 Å². The van der Waals surface area contributed by atoms with E-state index in [1.165, 1.54) is 24.3 Å². The minimum Gasteiger partial charge on any atom is -0.425 e. The van der Waals surface area contributed by atoms with Crippen molar-refractivity contribution in [1.82, 2.24) is 0 Å². The van der Waals surface area contributed by atoms with Gasteiger partial charge in [0.2, 0.25) is 0 Å². The minimum atomic E-state index is -4.00. The molecule has 2 unspecified atom stereocenters. The molecule has 0 radical (unpaired) electrons. The lowest BCUT2D eigenvalue weighted by Crippen LogP contribution is -2.42. The molecule has 0 saturated heterocycles. The van der Waals surface area contributed by atoms with Crippen LogP contribution in [0.25, 0.3) is 0 Å². The van der Waals surface area contributed by atoms with Crippen LogP contribution in [0.1, 0.15) is 17.0 Å². The SMILES string of the molecule is O=C1Oc2ccccc2C(c2ccccc2)C1S(=O)(=O)c1ccc(Cl)cc1. The highest BCUT2D eigenvalue weighted by molar-refractivity contribution is 7.92. The summed E-state index contributed by atoms with van der Waals surface area (Å²) in [7, 11) is -4.00. The van der Waals surface area contributed by atoms with E-state index in [2.05, 4.69) is 0 Å². The van der Waals surface area contributed by atoms with Crippen molar-refractivity contribution in [3.63, 3.8) is 0 Å². The van der Waals surface area contributed by atoms with E-state index >= 15 is 0 Å². The minimum absolute atomic E-state index is 0.0363. The van der Waals surface area contributed by atoms with Gasteiger partial charge in [0, 0.05) is 16.5 Å². The zero-order valence-corrected chi connectivity index (χ0v) is 15.7. The zero-order valence-electron chi connectivity index (χ0n) is 14.1. The van der Waals surface area contributed by atoms with Crippen molar-refractivity contribution in [2.24, 2.45) is 0 Å². The number of carbonyl (C=O) groups excluding carboxylic acids is 1. The first-order valence-corrected chi connectivity index (χ1v) is 10.3. The maximum Gasteiger partial charge on any atom is 0.331 e. The van der Waals surface area contributed by atoms with Crippen LogP contribution in [-0.2, 0) is 14.6 Å². The van der Waals surface area contributed by atoms with Gasteiger partial charge in [-0.1, -0.05) is 60.1 Å². The van der Waals surface area contributed by atoms with Crippen LogP contribution in [-0.4, -0.2) is 19.6 Å². The Bertz CT molecular complexity index is 1090. The van der Waals surface area contributed by atoms with Crippen LogP contribution in [0.15, 0.2) is 83.8 Å². The largest absolute Gasteiger partial charge is 0.425 e. The fourth-order valence-corrected chi connectivity index (χ4v) is 5.29. The first kappa shape index (κ1) is 17.8. The van der Waals surface area contributed by atoms with E-state index in [9.17, 15) is 13.2 Å². The highest BCUT2D eigenvalue weighted by Gasteiger charge is 2.47. The van der Waals surface area contributed by atoms with Gasteiger partial charge in [-0.2, -0.15) is 0 Å². The maximum absolute atomic E-state index is 13.4. The van der Waals surface area contributed by atoms with Gasteiger partial charge < -0.3 is 4.74 Å². The van der Waals surface area contributed by atoms with Crippen LogP contribution in [0, 0.1) is 0 Å². The third kappa shape index (κ3) is 3.13. The number of fused-ring (bicyclic) bond motifs is 1. The third-order valence-corrected chi connectivity index (χ3v) is 6.95. The van der Waals surface area contributed by atoms with Crippen molar-refractivity contribution < 1.29 is 17.9 Å². The molecule has 4 nitrogen and oxygen atoms in total. The van der Waals surface area contributed by atoms with E-state index < -0.39 is 27.0 Å². The number of hydrogen-bond donors (Lipinski definition) is 0. The highest BCUT2D eigenvalue weighted by atomic mass is 35.5. The molecule has 6 heteroatoms. The van der Waals surface area contributed by atoms with Crippen molar-refractivity contribution in [2.45, 2.75) is 16.1 Å². The van der Waals surface area contributed by atoms with Crippen molar-refractivity contribution in [3.05, 3.63) is 95.0 Å². The second-order valence-corrected chi connectivity index (χ2v) is 8.77. The second kappa shape index (κ2) is 6.83. The lowest BCUT2D eigenvalue weighted by atomic mass is 9.86. The fraction of sp³-hybridized carbons (Fsp3) is 0.0952. The fourth-order valence-electron chi connectivity index (χ4n) is 3.39. The summed E-state index contributed by atoms with van der Waals surface area (Å²) in [6.45, 7) is 0. The summed E-state index contributed by atoms with van der Waals surface area (Å²) in [6, 6.07) is 22.0. The topological polar surface area (TPSA) is 60.4 Å². The van der Waals surface area contributed by atoms with Crippen LogP contribution in [0.2, 0.25) is 5.02 Å². The number of ether oxygens (including phenoxy) is 1. The van der Waals surface area contributed by atoms with E-state index in [4.69, 9.17) is 16.3 Å². The number of para-hydroxylation sites is 1. The number of halogens is 1. The molecule has 0 aromatic heterocycles. The van der Waals surface area contributed by atoms with Gasteiger partial charge in [-0.05, 0) is 35.9 Å². The Hall–Kier alpha value is -2.63. The van der Waals surface area contributed by atoms with E-state index in [1.54, 1.807) is 24.3 Å². The predicted octanol–water partition coefficient (Wildman–Crippen LogP) is 4.23. The molecule has 0 spiro atoms. The van der Waals surface area contributed by atoms with Crippen LogP contribution < -0.4 is 4.74 Å². The first-order valence-electron chi connectivity index (χ1n) is 8.33. The third-order valence-electron chi connectivity index (χ3n) is 4.63. The molecular weight excluding hydrogens is 384 g/mol. The van der Waals surface area contributed by atoms with Gasteiger partial charge in [-0.15, -0.1) is 0 Å². The van der Waals surface area contributed by atoms with Crippen molar-refractivity contribution >= 4 is 27.4 Å². The van der Waals surface area contributed by atoms with E-state index in [1.807, 2.05) is 30.3 Å². The number of sulfone groups is 1. The van der Waals surface area contributed by atoms with Gasteiger partial charge in [-0.3, -0.25) is 4.79 Å². The molecule has 3 aromatic rings. The highest BCUT2D eigenvalue weighted by Crippen LogP contribution is 2.42. The van der Waals surface area contributed by atoms with Gasteiger partial charge in [0.05, 0.1) is 4.90 Å². The summed E-state index contributed by atoms with van der Waals surface area (Å²) in [5.74, 6) is -1.05. The summed E-state index contributed by atoms with van der Waals surface area (Å²) < 4.78 is 32.1. The maximum atomic E-state index is 13.4. The monoisotopic (exact) mass is 398 g/mol. The molecule has 4 rings (SSSR count). The molecule has 1 heterocycles. The predicted molar refractivity (Wildman–Crippen MR) is 103 cm³/mol. The van der Waals surface area contributed by atoms with Crippen molar-refractivity contribution in [3.8, 4) is 5.75 Å². The van der Waals surface area contributed by atoms with E-state index in [0.29, 0.717) is 16.3 Å². The molecule has 0 amide bonds. The van der Waals surface area contributed by atoms with Crippen LogP contribution >= 0.6 is 11.6 Å². The molecule has 0 bridgehead atoms. The van der Waals surface area contributed by atoms with Gasteiger partial charge in [-0.25, -0.2) is 8.42 Å². The number of benzene rings is 3. The van der Waals surface area contributed by atoms with Crippen LogP contribution in [0.3, 0.4) is 0 Å². The Balaban J connectivity index is 1.92. The molecule has 0 fully saturated rings. The van der Waals surface area contributed by atoms with Gasteiger partial charge in [0.1, 0.15) is 5.75 Å². The molecule has 27 heavy (non-hydrogen) atoms. The molecule has 0 saturated carbocycles. The Morgan fingerprint density at radius 3 is 2.15 bits per heavy atom. The Morgan fingerprint density at radius 2 is 1.44 bits per heavy atom. The molecule has 1 aliphatic rings. The summed E-state index contributed by atoms with van der Waals surface area (Å²) in [4.78, 5) is 12.8. The van der Waals surface area contributed by atoms with Crippen LogP contribution in [0.5, 0.6) is 5.75 Å². The Kier molecular flexibility index (Phi) is 4.50. The normalized spacial score (nSPS) is 19.2. The number of carbonyl (C=O) groups is 1. The lowest BCUT2D eigenvalue weighted by Gasteiger charge is -2.32. The zero-order chi connectivity index (χ0) is 19.0. The summed E-state index contributed by atoms with van der Waals surface area (Å²) in [5, 5.41) is -0.957. The van der Waals surface area contributed by atoms with Crippen molar-refractivity contribution in [1.29, 1.82) is 0 Å². The second-order valence-electron chi connectivity index (χ2n) is 6.27. The molecule has 0 aliphatic carbocycles. The summed E-state index contributed by atoms with van der Waals surface area (Å²) in [6.07, 6.45) is 0. The average molecular weight is 399 g/mol. The Morgan fingerprint density at radius 1 is 0.815 bits per heavy atom. The first-order chi connectivity index (χ1) is 13.0. The quantitative estimate of drug-likeness (QED) is 0.489. The number of hydrogen-bond acceptors (Lipinski definition) is 4. The summed E-state index contributed by atoms with van der Waals surface area (Å²) >= 11 is 5.88. The number of rotatable bonds is 3. The smallest absolute Gasteiger partial charge is 0.331 e. The molecule has 2 atom stereocenters. The molecule has 0 N–H and O–H groups in total. The molecule has 3 aromatic carbocycles. The molecule has 136 valence electrons. The standard InChI is InChI=1S/C21H15ClO4S/c22-15-10-12-16(13-11-15)27(24,25)20-19(14-6-2-1-3-7-14)17-8-4-5-9-18(17)26-21(20)23/h1-13,19-20H. The molecule has 1 aliphatic heterocycles. The summed E-state index contributed by atoms with van der Waals surface area (Å²) in [5.41, 5.74) is 1.41. The average Bonchev–Trinajstić information content (AvgIpc) is 2.67. The number of esters is 1. The van der Waals surface area contributed by atoms with Gasteiger partial charge in [0.25, 0.3) is 0 Å². The lowest BCUT2D eigenvalue weighted by molar-refractivity contribution is -0.135.